The summed E-state index contributed by atoms with van der Waals surface area (Å²) in [5.41, 5.74) is 2.40. The molecule has 2 rings (SSSR count). The Balaban J connectivity index is 1.93. The summed E-state index contributed by atoms with van der Waals surface area (Å²) in [6, 6.07) is 12.6. The number of anilines is 1. The molecule has 6 heteroatoms. The molecule has 0 aliphatic heterocycles. The van der Waals surface area contributed by atoms with Gasteiger partial charge in [0.25, 0.3) is 5.91 Å². The van der Waals surface area contributed by atoms with Gasteiger partial charge in [-0.15, -0.1) is 0 Å². The quantitative estimate of drug-likeness (QED) is 0.771. The summed E-state index contributed by atoms with van der Waals surface area (Å²) in [5.74, 6) is 0.235. The third-order valence-corrected chi connectivity index (χ3v) is 3.76. The van der Waals surface area contributed by atoms with Gasteiger partial charge < -0.3 is 19.5 Å². The Hall–Kier alpha value is -3.02. The van der Waals surface area contributed by atoms with Gasteiger partial charge in [-0.25, -0.2) is 0 Å². The van der Waals surface area contributed by atoms with Crippen LogP contribution in [0, 0.1) is 6.92 Å². The Kier molecular flexibility index (Phi) is 6.60. The molecule has 6 nitrogen and oxygen atoms in total. The van der Waals surface area contributed by atoms with Crippen molar-refractivity contribution in [3.05, 3.63) is 53.6 Å². The van der Waals surface area contributed by atoms with Crippen molar-refractivity contribution < 1.29 is 23.8 Å². The number of ether oxygens (including phenoxy) is 3. The minimum Gasteiger partial charge on any atom is -0.493 e. The number of hydrogen-bond acceptors (Lipinski definition) is 5. The zero-order valence-corrected chi connectivity index (χ0v) is 15.4. The van der Waals surface area contributed by atoms with Crippen molar-refractivity contribution >= 4 is 17.6 Å². The van der Waals surface area contributed by atoms with Crippen molar-refractivity contribution in [2.45, 2.75) is 26.4 Å². The van der Waals surface area contributed by atoms with Crippen LogP contribution in [0.25, 0.3) is 0 Å². The first kappa shape index (κ1) is 19.3. The van der Waals surface area contributed by atoms with Crippen molar-refractivity contribution in [3.63, 3.8) is 0 Å². The van der Waals surface area contributed by atoms with Crippen LogP contribution in [0.4, 0.5) is 5.69 Å². The molecule has 0 unspecified atom stereocenters. The Bertz CT molecular complexity index is 788. The molecule has 0 saturated carbocycles. The maximum absolute atomic E-state index is 12.2. The number of rotatable bonds is 7. The van der Waals surface area contributed by atoms with Crippen LogP contribution < -0.4 is 14.8 Å². The van der Waals surface area contributed by atoms with E-state index in [-0.39, 0.29) is 12.3 Å². The van der Waals surface area contributed by atoms with Crippen LogP contribution in [0.5, 0.6) is 11.5 Å². The highest BCUT2D eigenvalue weighted by atomic mass is 16.5. The minimum absolute atomic E-state index is 0.0302. The molecule has 0 bridgehead atoms. The fraction of sp³-hybridized carbons (Fsp3) is 0.300. The minimum atomic E-state index is -0.900. The normalized spacial score (nSPS) is 11.4. The molecule has 0 aromatic heterocycles. The molecule has 0 aliphatic carbocycles. The van der Waals surface area contributed by atoms with E-state index in [1.165, 1.54) is 14.0 Å². The van der Waals surface area contributed by atoms with E-state index < -0.39 is 12.1 Å². The van der Waals surface area contributed by atoms with Crippen LogP contribution in [0.3, 0.4) is 0 Å². The van der Waals surface area contributed by atoms with Gasteiger partial charge in [0.15, 0.2) is 17.6 Å². The van der Waals surface area contributed by atoms with Crippen LogP contribution in [0.1, 0.15) is 18.1 Å². The second kappa shape index (κ2) is 8.89. The smallest absolute Gasteiger partial charge is 0.311 e. The third-order valence-electron chi connectivity index (χ3n) is 3.76. The van der Waals surface area contributed by atoms with Gasteiger partial charge in [0, 0.05) is 5.69 Å². The molecule has 0 spiro atoms. The van der Waals surface area contributed by atoms with Crippen molar-refractivity contribution in [1.29, 1.82) is 0 Å². The number of carbonyl (C=O) groups is 2. The van der Waals surface area contributed by atoms with Crippen LogP contribution in [-0.4, -0.2) is 32.2 Å². The lowest BCUT2D eigenvalue weighted by atomic mass is 10.1. The standard InChI is InChI=1S/C20H23NO5/c1-13-6-5-7-16(10-13)21-20(23)14(2)26-19(22)12-15-8-9-17(24-3)18(11-15)25-4/h5-11,14H,12H2,1-4H3,(H,21,23)/t14-/m1/s1. The van der Waals surface area contributed by atoms with Gasteiger partial charge >= 0.3 is 5.97 Å². The summed E-state index contributed by atoms with van der Waals surface area (Å²) in [5, 5.41) is 2.73. The lowest BCUT2D eigenvalue weighted by Gasteiger charge is -2.14. The van der Waals surface area contributed by atoms with Gasteiger partial charge in [-0.2, -0.15) is 0 Å². The van der Waals surface area contributed by atoms with Crippen molar-refractivity contribution in [2.24, 2.45) is 0 Å². The Morgan fingerprint density at radius 1 is 1.04 bits per heavy atom. The zero-order valence-electron chi connectivity index (χ0n) is 15.4. The van der Waals surface area contributed by atoms with Crippen molar-refractivity contribution in [1.82, 2.24) is 0 Å². The molecular weight excluding hydrogens is 334 g/mol. The molecule has 0 aliphatic rings. The monoisotopic (exact) mass is 357 g/mol. The van der Waals surface area contributed by atoms with Crippen LogP contribution >= 0.6 is 0 Å². The predicted octanol–water partition coefficient (Wildman–Crippen LogP) is 3.13. The van der Waals surface area contributed by atoms with Crippen molar-refractivity contribution in [3.8, 4) is 11.5 Å². The zero-order chi connectivity index (χ0) is 19.1. The summed E-state index contributed by atoms with van der Waals surface area (Å²) >= 11 is 0. The van der Waals surface area contributed by atoms with Crippen molar-refractivity contribution in [2.75, 3.05) is 19.5 Å². The summed E-state index contributed by atoms with van der Waals surface area (Å²) in [6.45, 7) is 3.47. The number of amides is 1. The maximum atomic E-state index is 12.2. The molecule has 2 aromatic carbocycles. The molecule has 0 saturated heterocycles. The fourth-order valence-electron chi connectivity index (χ4n) is 2.42. The van der Waals surface area contributed by atoms with Gasteiger partial charge in [-0.3, -0.25) is 9.59 Å². The second-order valence-electron chi connectivity index (χ2n) is 5.86. The van der Waals surface area contributed by atoms with E-state index in [1.807, 2.05) is 25.1 Å². The number of hydrogen-bond donors (Lipinski definition) is 1. The first-order valence-electron chi connectivity index (χ1n) is 8.21. The van der Waals surface area contributed by atoms with Gasteiger partial charge in [0.2, 0.25) is 0 Å². The SMILES string of the molecule is COc1ccc(CC(=O)O[C@H](C)C(=O)Nc2cccc(C)c2)cc1OC. The average molecular weight is 357 g/mol. The average Bonchev–Trinajstić information content (AvgIpc) is 2.61. The van der Waals surface area contributed by atoms with E-state index in [9.17, 15) is 9.59 Å². The molecule has 0 heterocycles. The highest BCUT2D eigenvalue weighted by Gasteiger charge is 2.18. The van der Waals surface area contributed by atoms with E-state index in [4.69, 9.17) is 14.2 Å². The van der Waals surface area contributed by atoms with Crippen LogP contribution in [0.2, 0.25) is 0 Å². The van der Waals surface area contributed by atoms with Gasteiger partial charge in [0.05, 0.1) is 20.6 Å². The Morgan fingerprint density at radius 2 is 1.77 bits per heavy atom. The summed E-state index contributed by atoms with van der Waals surface area (Å²) in [4.78, 5) is 24.3. The Morgan fingerprint density at radius 3 is 2.42 bits per heavy atom. The molecule has 2 aromatic rings. The number of nitrogens with one attached hydrogen (secondary N) is 1. The third kappa shape index (κ3) is 5.24. The van der Waals surface area contributed by atoms with Crippen LogP contribution in [0.15, 0.2) is 42.5 Å². The van der Waals surface area contributed by atoms with Gasteiger partial charge in [0.1, 0.15) is 0 Å². The highest BCUT2D eigenvalue weighted by molar-refractivity contribution is 5.95. The molecule has 1 atom stereocenters. The highest BCUT2D eigenvalue weighted by Crippen LogP contribution is 2.27. The van der Waals surface area contributed by atoms with E-state index in [0.29, 0.717) is 22.7 Å². The number of esters is 1. The van der Waals surface area contributed by atoms with E-state index in [1.54, 1.807) is 31.4 Å². The topological polar surface area (TPSA) is 73.9 Å². The molecule has 138 valence electrons. The Labute approximate surface area is 153 Å². The van der Waals surface area contributed by atoms with E-state index in [2.05, 4.69) is 5.32 Å². The number of aryl methyl sites for hydroxylation is 1. The number of methoxy groups -OCH3 is 2. The maximum Gasteiger partial charge on any atom is 0.311 e. The lowest BCUT2D eigenvalue weighted by Crippen LogP contribution is -2.30. The summed E-state index contributed by atoms with van der Waals surface area (Å²) in [6.07, 6.45) is -0.870. The predicted molar refractivity (Wildman–Crippen MR) is 98.6 cm³/mol. The van der Waals surface area contributed by atoms with E-state index >= 15 is 0 Å². The van der Waals surface area contributed by atoms with Gasteiger partial charge in [-0.05, 0) is 49.2 Å². The molecule has 26 heavy (non-hydrogen) atoms. The summed E-state index contributed by atoms with van der Waals surface area (Å²) < 4.78 is 15.6. The molecule has 0 fully saturated rings. The molecule has 1 N–H and O–H groups in total. The first-order chi connectivity index (χ1) is 12.4. The lowest BCUT2D eigenvalue weighted by molar-refractivity contribution is -0.152. The largest absolute Gasteiger partial charge is 0.493 e. The van der Waals surface area contributed by atoms with E-state index in [0.717, 1.165) is 5.56 Å². The molecule has 1 amide bonds. The molecular formula is C20H23NO5. The van der Waals surface area contributed by atoms with Gasteiger partial charge in [-0.1, -0.05) is 18.2 Å². The summed E-state index contributed by atoms with van der Waals surface area (Å²) in [7, 11) is 3.07. The fourth-order valence-corrected chi connectivity index (χ4v) is 2.42. The van der Waals surface area contributed by atoms with Crippen LogP contribution in [-0.2, 0) is 20.7 Å². The first-order valence-corrected chi connectivity index (χ1v) is 8.21. The number of carbonyl (C=O) groups excluding carboxylic acids is 2. The molecule has 0 radical (unpaired) electrons. The second-order valence-corrected chi connectivity index (χ2v) is 5.86. The number of benzene rings is 2.